The van der Waals surface area contributed by atoms with E-state index < -0.39 is 28.3 Å². The first-order valence-electron chi connectivity index (χ1n) is 13.7. The summed E-state index contributed by atoms with van der Waals surface area (Å²) >= 11 is 0. The summed E-state index contributed by atoms with van der Waals surface area (Å²) in [6.45, 7) is 1.97. The first-order valence-corrected chi connectivity index (χ1v) is 13.7. The van der Waals surface area contributed by atoms with E-state index in [1.807, 2.05) is 72.5 Å². The highest BCUT2D eigenvalue weighted by Gasteiger charge is 2.70. The predicted octanol–water partition coefficient (Wildman–Crippen LogP) is 5.84. The molecule has 0 saturated carbocycles. The third-order valence-corrected chi connectivity index (χ3v) is 8.86. The number of ketones is 2. The number of amides is 1. The number of carbonyl (C=O) groups is 3. The van der Waals surface area contributed by atoms with Crippen LogP contribution in [0.15, 0.2) is 109 Å². The van der Waals surface area contributed by atoms with Crippen molar-refractivity contribution in [2.45, 2.75) is 24.4 Å². The highest BCUT2D eigenvalue weighted by Crippen LogP contribution is 2.58. The molecule has 4 aromatic carbocycles. The Morgan fingerprint density at radius 2 is 1.48 bits per heavy atom. The largest absolute Gasteiger partial charge is 0.352 e. The van der Waals surface area contributed by atoms with Crippen LogP contribution in [0.25, 0.3) is 5.57 Å². The number of hydrogen-bond donors (Lipinski definition) is 1. The molecule has 7 rings (SSSR count). The zero-order chi connectivity index (χ0) is 29.2. The molecule has 0 unspecified atom stereocenters. The fourth-order valence-corrected chi connectivity index (χ4v) is 7.09. The van der Waals surface area contributed by atoms with Crippen LogP contribution in [0.4, 0.5) is 17.1 Å². The van der Waals surface area contributed by atoms with Gasteiger partial charge in [0.15, 0.2) is 11.6 Å². The van der Waals surface area contributed by atoms with Crippen LogP contribution in [0.2, 0.25) is 0 Å². The highest BCUT2D eigenvalue weighted by atomic mass is 16.6. The Hall–Kier alpha value is -5.37. The fraction of sp³-hybridized carbons (Fsp3) is 0.147. The Labute approximate surface area is 241 Å². The molecule has 1 spiro atoms. The summed E-state index contributed by atoms with van der Waals surface area (Å²) in [5.74, 6) is -2.15. The normalized spacial score (nSPS) is 23.5. The number of rotatable bonds is 5. The van der Waals surface area contributed by atoms with E-state index in [0.29, 0.717) is 16.8 Å². The Kier molecular flexibility index (Phi) is 5.69. The van der Waals surface area contributed by atoms with Gasteiger partial charge >= 0.3 is 0 Å². The summed E-state index contributed by atoms with van der Waals surface area (Å²) in [6, 6.07) is 27.4. The van der Waals surface area contributed by atoms with Crippen molar-refractivity contribution in [3.8, 4) is 0 Å². The van der Waals surface area contributed by atoms with E-state index in [9.17, 15) is 24.5 Å². The van der Waals surface area contributed by atoms with Gasteiger partial charge in [0.2, 0.25) is 5.91 Å². The minimum Gasteiger partial charge on any atom is -0.352 e. The SMILES string of the molecule is CC1=C[C@H]2N(c3ccccc31)[C@H](C(=O)c1ccc([N+](=O)[O-])cc1)[C@@H](C(=O)c1ccccc1)[C@]21C(=O)Nc2ccccc21. The summed E-state index contributed by atoms with van der Waals surface area (Å²) in [5.41, 5.74) is 2.94. The smallest absolute Gasteiger partial charge is 0.269 e. The number of nitrogens with one attached hydrogen (secondary N) is 1. The van der Waals surface area contributed by atoms with Crippen LogP contribution in [0.1, 0.15) is 38.8 Å². The number of carbonyl (C=O) groups excluding carboxylic acids is 3. The van der Waals surface area contributed by atoms with Gasteiger partial charge in [0.25, 0.3) is 5.69 Å². The molecule has 1 fully saturated rings. The summed E-state index contributed by atoms with van der Waals surface area (Å²) in [6.07, 6.45) is 2.00. The van der Waals surface area contributed by atoms with Gasteiger partial charge in [0, 0.05) is 40.2 Å². The molecule has 3 aliphatic rings. The van der Waals surface area contributed by atoms with E-state index in [0.717, 1.165) is 16.8 Å². The molecule has 0 radical (unpaired) electrons. The molecular weight excluding hydrogens is 530 g/mol. The zero-order valence-electron chi connectivity index (χ0n) is 22.6. The van der Waals surface area contributed by atoms with Gasteiger partial charge in [-0.3, -0.25) is 24.5 Å². The molecule has 8 heteroatoms. The molecule has 0 bridgehead atoms. The number of benzene rings is 4. The number of fused-ring (bicyclic) bond motifs is 6. The summed E-state index contributed by atoms with van der Waals surface area (Å²) < 4.78 is 0. The van der Waals surface area contributed by atoms with Gasteiger partial charge in [-0.05, 0) is 42.3 Å². The summed E-state index contributed by atoms with van der Waals surface area (Å²) in [4.78, 5) is 56.5. The van der Waals surface area contributed by atoms with E-state index in [2.05, 4.69) is 5.32 Å². The Bertz CT molecular complexity index is 1830. The topological polar surface area (TPSA) is 110 Å². The number of nitro groups is 1. The van der Waals surface area contributed by atoms with Gasteiger partial charge in [-0.1, -0.05) is 72.8 Å². The standard InChI is InChI=1S/C34H25N3O5/c1-20-19-28-34(25-12-6-7-13-26(25)35-33(34)40)29(31(38)21-9-3-2-4-10-21)30(36(28)27-14-8-5-11-24(20)27)32(39)22-15-17-23(18-16-22)37(41)42/h2-19,28-30H,1H3,(H,35,40)/t28-,29+,30+,34-/m1/s1. The van der Waals surface area contributed by atoms with Crippen molar-refractivity contribution in [3.63, 3.8) is 0 Å². The molecule has 206 valence electrons. The average molecular weight is 556 g/mol. The maximum atomic E-state index is 14.7. The molecule has 0 aromatic heterocycles. The molecule has 0 aliphatic carbocycles. The van der Waals surface area contributed by atoms with Crippen molar-refractivity contribution in [3.05, 3.63) is 142 Å². The quantitative estimate of drug-likeness (QED) is 0.188. The van der Waals surface area contributed by atoms with Crippen molar-refractivity contribution in [1.82, 2.24) is 0 Å². The summed E-state index contributed by atoms with van der Waals surface area (Å²) in [7, 11) is 0. The number of nitro benzene ring substituents is 1. The first-order chi connectivity index (χ1) is 20.3. The van der Waals surface area contributed by atoms with Gasteiger partial charge in [-0.15, -0.1) is 0 Å². The van der Waals surface area contributed by atoms with Crippen LogP contribution in [0, 0.1) is 16.0 Å². The van der Waals surface area contributed by atoms with Crippen LogP contribution >= 0.6 is 0 Å². The maximum Gasteiger partial charge on any atom is 0.269 e. The van der Waals surface area contributed by atoms with Crippen molar-refractivity contribution in [1.29, 1.82) is 0 Å². The molecule has 1 N–H and O–H groups in total. The van der Waals surface area contributed by atoms with Crippen molar-refractivity contribution < 1.29 is 19.3 Å². The highest BCUT2D eigenvalue weighted by molar-refractivity contribution is 6.18. The van der Waals surface area contributed by atoms with Crippen molar-refractivity contribution in [2.75, 3.05) is 10.2 Å². The van der Waals surface area contributed by atoms with Crippen LogP contribution < -0.4 is 10.2 Å². The molecule has 4 aromatic rings. The van der Waals surface area contributed by atoms with Crippen LogP contribution in [-0.2, 0) is 10.2 Å². The van der Waals surface area contributed by atoms with Crippen molar-refractivity contribution >= 4 is 40.1 Å². The molecule has 8 nitrogen and oxygen atoms in total. The van der Waals surface area contributed by atoms with E-state index in [1.165, 1.54) is 24.3 Å². The monoisotopic (exact) mass is 555 g/mol. The second-order valence-electron chi connectivity index (χ2n) is 10.9. The Balaban J connectivity index is 1.53. The Morgan fingerprint density at radius 3 is 2.21 bits per heavy atom. The van der Waals surface area contributed by atoms with Crippen LogP contribution in [0.3, 0.4) is 0 Å². The molecular formula is C34H25N3O5. The first kappa shape index (κ1) is 25.6. The lowest BCUT2D eigenvalue weighted by atomic mass is 9.64. The molecule has 42 heavy (non-hydrogen) atoms. The van der Waals surface area contributed by atoms with Gasteiger partial charge in [-0.2, -0.15) is 0 Å². The van der Waals surface area contributed by atoms with Gasteiger partial charge in [0.1, 0.15) is 11.5 Å². The van der Waals surface area contributed by atoms with E-state index in [-0.39, 0.29) is 28.7 Å². The van der Waals surface area contributed by atoms with Gasteiger partial charge in [0.05, 0.1) is 16.9 Å². The van der Waals surface area contributed by atoms with Gasteiger partial charge < -0.3 is 10.2 Å². The van der Waals surface area contributed by atoms with Crippen LogP contribution in [-0.4, -0.2) is 34.5 Å². The second kappa shape index (κ2) is 9.34. The van der Waals surface area contributed by atoms with Crippen molar-refractivity contribution in [2.24, 2.45) is 5.92 Å². The maximum absolute atomic E-state index is 14.7. The molecule has 1 amide bonds. The molecule has 4 atom stereocenters. The lowest BCUT2D eigenvalue weighted by molar-refractivity contribution is -0.384. The number of anilines is 2. The third kappa shape index (κ3) is 3.44. The average Bonchev–Trinajstić information content (AvgIpc) is 3.49. The second-order valence-corrected chi connectivity index (χ2v) is 10.9. The number of allylic oxidation sites excluding steroid dienone is 1. The van der Waals surface area contributed by atoms with E-state index in [1.54, 1.807) is 24.3 Å². The number of Topliss-reactive ketones (excluding diaryl/α,β-unsaturated/α-hetero) is 2. The molecule has 3 aliphatic heterocycles. The third-order valence-electron chi connectivity index (χ3n) is 8.86. The lowest BCUT2D eigenvalue weighted by Gasteiger charge is -2.39. The van der Waals surface area contributed by atoms with Gasteiger partial charge in [-0.25, -0.2) is 0 Å². The number of nitrogens with zero attached hydrogens (tertiary/aromatic N) is 2. The van der Waals surface area contributed by atoms with Crippen LogP contribution in [0.5, 0.6) is 0 Å². The zero-order valence-corrected chi connectivity index (χ0v) is 22.6. The number of non-ortho nitro benzene ring substituents is 1. The fourth-order valence-electron chi connectivity index (χ4n) is 7.09. The van der Waals surface area contributed by atoms with E-state index in [4.69, 9.17) is 0 Å². The minimum absolute atomic E-state index is 0.143. The number of hydrogen-bond acceptors (Lipinski definition) is 6. The molecule has 3 heterocycles. The number of para-hydroxylation sites is 2. The Morgan fingerprint density at radius 1 is 0.833 bits per heavy atom. The van der Waals surface area contributed by atoms with E-state index >= 15 is 0 Å². The lowest BCUT2D eigenvalue weighted by Crippen LogP contribution is -2.51. The minimum atomic E-state index is -1.42. The predicted molar refractivity (Wildman–Crippen MR) is 159 cm³/mol. The molecule has 1 saturated heterocycles. The summed E-state index contributed by atoms with van der Waals surface area (Å²) in [5, 5.41) is 14.4.